The van der Waals surface area contributed by atoms with Gasteiger partial charge in [0, 0.05) is 29.5 Å². The maximum atomic E-state index is 14.2. The highest BCUT2D eigenvalue weighted by atomic mass is 32.2. The lowest BCUT2D eigenvalue weighted by Gasteiger charge is -2.10. The van der Waals surface area contributed by atoms with Crippen LogP contribution in [0.5, 0.6) is 5.75 Å². The highest BCUT2D eigenvalue weighted by molar-refractivity contribution is 7.88. The lowest BCUT2D eigenvalue weighted by Crippen LogP contribution is -2.28. The molecule has 0 aliphatic rings. The van der Waals surface area contributed by atoms with E-state index >= 15 is 0 Å². The van der Waals surface area contributed by atoms with Crippen LogP contribution in [-0.2, 0) is 16.5 Å². The van der Waals surface area contributed by atoms with Gasteiger partial charge in [-0.3, -0.25) is 10.1 Å². The second kappa shape index (κ2) is 7.40. The van der Waals surface area contributed by atoms with E-state index in [-0.39, 0.29) is 28.5 Å². The quantitative estimate of drug-likeness (QED) is 0.146. The Morgan fingerprint density at radius 3 is 2.43 bits per heavy atom. The number of hydrogen-bond acceptors (Lipinski definition) is 7. The molecule has 158 valence electrons. The minimum Gasteiger partial charge on any atom is -0.422 e. The third-order valence-corrected chi connectivity index (χ3v) is 4.88. The molecule has 0 bridgehead atoms. The van der Waals surface area contributed by atoms with Crippen molar-refractivity contribution in [2.24, 2.45) is 0 Å². The van der Waals surface area contributed by atoms with Gasteiger partial charge in [0.2, 0.25) is 5.82 Å². The van der Waals surface area contributed by atoms with E-state index in [0.29, 0.717) is 0 Å². The van der Waals surface area contributed by atoms with Crippen LogP contribution in [0.1, 0.15) is 11.1 Å². The summed E-state index contributed by atoms with van der Waals surface area (Å²) in [5.41, 5.74) is -7.92. The first-order valence-electron chi connectivity index (χ1n) is 7.88. The molecule has 13 heteroatoms. The Morgan fingerprint density at radius 1 is 1.10 bits per heavy atom. The monoisotopic (exact) mass is 447 g/mol. The topological polar surface area (TPSA) is 117 Å². The maximum Gasteiger partial charge on any atom is 0.534 e. The van der Waals surface area contributed by atoms with Gasteiger partial charge >= 0.3 is 26.9 Å². The van der Waals surface area contributed by atoms with Crippen molar-refractivity contribution in [2.75, 3.05) is 0 Å². The molecule has 0 N–H and O–H groups in total. The largest absolute Gasteiger partial charge is 0.534 e. The van der Waals surface area contributed by atoms with Gasteiger partial charge in [0.15, 0.2) is 0 Å². The van der Waals surface area contributed by atoms with Crippen molar-refractivity contribution < 1.29 is 39.5 Å². The van der Waals surface area contributed by atoms with Crippen LogP contribution in [0.2, 0.25) is 0 Å². The highest BCUT2D eigenvalue weighted by Crippen LogP contribution is 2.29. The summed E-state index contributed by atoms with van der Waals surface area (Å²) in [6, 6.07) is 7.49. The van der Waals surface area contributed by atoms with Crippen molar-refractivity contribution in [3.8, 4) is 5.75 Å². The summed E-state index contributed by atoms with van der Waals surface area (Å²) in [5, 5.41) is 11.0. The van der Waals surface area contributed by atoms with Crippen molar-refractivity contribution in [3.63, 3.8) is 0 Å². The molecule has 0 unspecified atom stereocenters. The van der Waals surface area contributed by atoms with Crippen molar-refractivity contribution in [2.45, 2.75) is 11.9 Å². The number of nitro benzene ring substituents is 1. The summed E-state index contributed by atoms with van der Waals surface area (Å²) >= 11 is 0. The van der Waals surface area contributed by atoms with Gasteiger partial charge in [-0.2, -0.15) is 26.0 Å². The third kappa shape index (κ3) is 4.10. The van der Waals surface area contributed by atoms with Crippen molar-refractivity contribution in [3.05, 3.63) is 79.9 Å². The molecular formula is C17H9F4NO7S. The smallest absolute Gasteiger partial charge is 0.422 e. The Labute approximate surface area is 164 Å². The second-order valence-electron chi connectivity index (χ2n) is 5.93. The van der Waals surface area contributed by atoms with Crippen LogP contribution in [-0.4, -0.2) is 18.8 Å². The molecule has 8 nitrogen and oxygen atoms in total. The molecule has 0 aliphatic heterocycles. The number of nitro groups is 1. The predicted octanol–water partition coefficient (Wildman–Crippen LogP) is 3.66. The lowest BCUT2D eigenvalue weighted by atomic mass is 10.0. The highest BCUT2D eigenvalue weighted by Gasteiger charge is 2.48. The Morgan fingerprint density at radius 2 is 1.80 bits per heavy atom. The van der Waals surface area contributed by atoms with E-state index in [1.807, 2.05) is 0 Å². The summed E-state index contributed by atoms with van der Waals surface area (Å²) in [7, 11) is -5.91. The van der Waals surface area contributed by atoms with Gasteiger partial charge in [-0.15, -0.1) is 0 Å². The fourth-order valence-electron chi connectivity index (χ4n) is 2.53. The number of alkyl halides is 3. The zero-order valence-corrected chi connectivity index (χ0v) is 15.3. The molecule has 0 amide bonds. The molecule has 0 atom stereocenters. The summed E-state index contributed by atoms with van der Waals surface area (Å²) in [6.45, 7) is 0. The van der Waals surface area contributed by atoms with Gasteiger partial charge < -0.3 is 8.60 Å². The Hall–Kier alpha value is -3.48. The van der Waals surface area contributed by atoms with Crippen LogP contribution in [0.4, 0.5) is 23.2 Å². The normalized spacial score (nSPS) is 12.1. The molecule has 2 aromatic carbocycles. The van der Waals surface area contributed by atoms with E-state index in [0.717, 1.165) is 24.3 Å². The van der Waals surface area contributed by atoms with Crippen molar-refractivity contribution in [1.29, 1.82) is 0 Å². The average molecular weight is 447 g/mol. The first-order chi connectivity index (χ1) is 13.9. The summed E-state index contributed by atoms with van der Waals surface area (Å²) in [4.78, 5) is 22.1. The molecule has 1 heterocycles. The van der Waals surface area contributed by atoms with Gasteiger partial charge in [-0.05, 0) is 23.8 Å². The predicted molar refractivity (Wildman–Crippen MR) is 93.9 cm³/mol. The zero-order chi connectivity index (χ0) is 22.3. The van der Waals surface area contributed by atoms with E-state index in [2.05, 4.69) is 4.18 Å². The molecule has 0 fully saturated rings. The minimum absolute atomic E-state index is 0.0847. The summed E-state index contributed by atoms with van der Waals surface area (Å²) < 4.78 is 82.5. The van der Waals surface area contributed by atoms with E-state index < -0.39 is 43.4 Å². The van der Waals surface area contributed by atoms with Crippen LogP contribution in [0.15, 0.2) is 51.7 Å². The molecule has 30 heavy (non-hydrogen) atoms. The standard InChI is InChI=1S/C17H9F4NO7S/c18-15-10(2-1-3-13(15)22(24)25)7-11-6-9-4-5-12(8-14(9)28-16(11)23)29-30(26,27)17(19,20)21/h1-6,8H,7H2. The number of rotatable bonds is 5. The van der Waals surface area contributed by atoms with Crippen LogP contribution in [0, 0.1) is 15.9 Å². The molecule has 3 aromatic rings. The summed E-state index contributed by atoms with van der Waals surface area (Å²) in [6.07, 6.45) is -0.355. The van der Waals surface area contributed by atoms with Gasteiger partial charge in [-0.25, -0.2) is 4.79 Å². The molecule has 0 spiro atoms. The number of hydrogen-bond donors (Lipinski definition) is 0. The second-order valence-corrected chi connectivity index (χ2v) is 7.46. The first kappa shape index (κ1) is 21.2. The molecule has 0 saturated carbocycles. The van der Waals surface area contributed by atoms with Crippen LogP contribution in [0.25, 0.3) is 11.0 Å². The van der Waals surface area contributed by atoms with Gasteiger partial charge in [0.1, 0.15) is 11.3 Å². The van der Waals surface area contributed by atoms with Gasteiger partial charge in [0.25, 0.3) is 0 Å². The number of fused-ring (bicyclic) bond motifs is 1. The number of halogens is 4. The molecule has 3 rings (SSSR count). The third-order valence-electron chi connectivity index (χ3n) is 3.90. The lowest BCUT2D eigenvalue weighted by molar-refractivity contribution is -0.387. The van der Waals surface area contributed by atoms with E-state index in [1.165, 1.54) is 18.2 Å². The Balaban J connectivity index is 1.97. The molecule has 0 radical (unpaired) electrons. The molecule has 1 aromatic heterocycles. The minimum atomic E-state index is -5.91. The fraction of sp³-hybridized carbons (Fsp3) is 0.118. The van der Waals surface area contributed by atoms with Crippen LogP contribution >= 0.6 is 0 Å². The van der Waals surface area contributed by atoms with Gasteiger partial charge in [-0.1, -0.05) is 12.1 Å². The fourth-order valence-corrected chi connectivity index (χ4v) is 2.98. The van der Waals surface area contributed by atoms with Crippen molar-refractivity contribution >= 4 is 26.8 Å². The Bertz CT molecular complexity index is 1320. The number of nitrogens with zero attached hydrogens (tertiary/aromatic N) is 1. The van der Waals surface area contributed by atoms with E-state index in [1.54, 1.807) is 0 Å². The molecular weight excluding hydrogens is 438 g/mol. The molecule has 0 saturated heterocycles. The molecule has 0 aliphatic carbocycles. The van der Waals surface area contributed by atoms with Crippen LogP contribution < -0.4 is 9.81 Å². The summed E-state index contributed by atoms with van der Waals surface area (Å²) in [5.74, 6) is -1.86. The van der Waals surface area contributed by atoms with Crippen molar-refractivity contribution in [1.82, 2.24) is 0 Å². The Kier molecular flexibility index (Phi) is 5.24. The average Bonchev–Trinajstić information content (AvgIpc) is 2.62. The maximum absolute atomic E-state index is 14.2. The van der Waals surface area contributed by atoms with Gasteiger partial charge in [0.05, 0.1) is 4.92 Å². The zero-order valence-electron chi connectivity index (χ0n) is 14.5. The van der Waals surface area contributed by atoms with E-state index in [4.69, 9.17) is 4.42 Å². The SMILES string of the molecule is O=c1oc2cc(OS(=O)(=O)C(F)(F)F)ccc2cc1Cc1cccc([N+](=O)[O-])c1F. The van der Waals surface area contributed by atoms with E-state index in [9.17, 15) is 40.9 Å². The number of benzene rings is 2. The first-order valence-corrected chi connectivity index (χ1v) is 9.29. The van der Waals surface area contributed by atoms with Crippen LogP contribution in [0.3, 0.4) is 0 Å².